The summed E-state index contributed by atoms with van der Waals surface area (Å²) in [5, 5.41) is 21.8. The number of carbonyl (C=O) groups excluding carboxylic acids is 1. The van der Waals surface area contributed by atoms with Crippen molar-refractivity contribution in [3.8, 4) is 0 Å². The monoisotopic (exact) mass is 315 g/mol. The van der Waals surface area contributed by atoms with Gasteiger partial charge in [0.25, 0.3) is 0 Å². The Labute approximate surface area is 127 Å². The summed E-state index contributed by atoms with van der Waals surface area (Å²) in [7, 11) is 0. The van der Waals surface area contributed by atoms with Gasteiger partial charge in [0.15, 0.2) is 6.04 Å². The Morgan fingerprint density at radius 1 is 1.24 bits per heavy atom. The van der Waals surface area contributed by atoms with Gasteiger partial charge >= 0.3 is 12.1 Å². The van der Waals surface area contributed by atoms with Crippen molar-refractivity contribution >= 4 is 23.7 Å². The number of halogens is 1. The molecule has 1 amide bonds. The highest BCUT2D eigenvalue weighted by Gasteiger charge is 2.31. The first-order valence-electron chi connectivity index (χ1n) is 6.26. The van der Waals surface area contributed by atoms with Crippen molar-refractivity contribution in [1.82, 2.24) is 5.32 Å². The Kier molecular flexibility index (Phi) is 5.57. The average molecular weight is 316 g/mol. The van der Waals surface area contributed by atoms with E-state index in [-0.39, 0.29) is 0 Å². The summed E-state index contributed by atoms with van der Waals surface area (Å²) in [6.45, 7) is 4.95. The molecule has 0 aliphatic carbocycles. The van der Waals surface area contributed by atoms with Crippen LogP contribution in [0.2, 0.25) is 5.02 Å². The fraction of sp³-hybridized carbons (Fsp3) is 0.429. The van der Waals surface area contributed by atoms with E-state index in [2.05, 4.69) is 5.32 Å². The fourth-order valence-electron chi connectivity index (χ4n) is 1.56. The van der Waals surface area contributed by atoms with Gasteiger partial charge in [0.1, 0.15) is 11.7 Å². The van der Waals surface area contributed by atoms with Gasteiger partial charge in [-0.1, -0.05) is 23.7 Å². The summed E-state index contributed by atoms with van der Waals surface area (Å²) < 4.78 is 4.98. The minimum absolute atomic E-state index is 0.322. The van der Waals surface area contributed by atoms with Gasteiger partial charge in [-0.2, -0.15) is 0 Å². The quantitative estimate of drug-likeness (QED) is 0.792. The topological polar surface area (TPSA) is 95.9 Å². The average Bonchev–Trinajstić information content (AvgIpc) is 2.33. The van der Waals surface area contributed by atoms with Crippen LogP contribution in [0.25, 0.3) is 0 Å². The molecule has 0 bridgehead atoms. The SMILES string of the molecule is CC(C)(C)OC(=O)N[C@H](C(=O)O)[C@H](O)c1ccc(Cl)cc1. The minimum Gasteiger partial charge on any atom is -0.480 e. The molecule has 0 aliphatic rings. The lowest BCUT2D eigenvalue weighted by atomic mass is 10.0. The number of hydrogen-bond acceptors (Lipinski definition) is 4. The lowest BCUT2D eigenvalue weighted by Crippen LogP contribution is -2.46. The summed E-state index contributed by atoms with van der Waals surface area (Å²) in [4.78, 5) is 22.9. The molecule has 1 rings (SSSR count). The third kappa shape index (κ3) is 5.61. The number of carboxylic acid groups (broad SMARTS) is 1. The summed E-state index contributed by atoms with van der Waals surface area (Å²) in [6, 6.07) is 4.49. The number of hydrogen-bond donors (Lipinski definition) is 3. The van der Waals surface area contributed by atoms with Crippen molar-refractivity contribution < 1.29 is 24.5 Å². The first-order chi connectivity index (χ1) is 9.60. The lowest BCUT2D eigenvalue weighted by Gasteiger charge is -2.24. The van der Waals surface area contributed by atoms with E-state index in [1.807, 2.05) is 0 Å². The van der Waals surface area contributed by atoms with Crippen molar-refractivity contribution in [2.45, 2.75) is 38.5 Å². The maximum Gasteiger partial charge on any atom is 0.408 e. The van der Waals surface area contributed by atoms with Crippen LogP contribution in [-0.2, 0) is 9.53 Å². The highest BCUT2D eigenvalue weighted by Crippen LogP contribution is 2.20. The molecule has 2 atom stereocenters. The first kappa shape index (κ1) is 17.3. The van der Waals surface area contributed by atoms with Crippen LogP contribution in [0.3, 0.4) is 0 Å². The van der Waals surface area contributed by atoms with Crippen molar-refractivity contribution in [1.29, 1.82) is 0 Å². The number of aliphatic hydroxyl groups excluding tert-OH is 1. The van der Waals surface area contributed by atoms with E-state index in [0.29, 0.717) is 10.6 Å². The zero-order valence-corrected chi connectivity index (χ0v) is 12.7. The van der Waals surface area contributed by atoms with Gasteiger partial charge in [0, 0.05) is 5.02 Å². The number of benzene rings is 1. The molecule has 0 heterocycles. The van der Waals surface area contributed by atoms with Gasteiger partial charge in [0.05, 0.1) is 0 Å². The number of aliphatic carboxylic acids is 1. The number of nitrogens with one attached hydrogen (secondary N) is 1. The molecular formula is C14H18ClNO5. The molecule has 0 spiro atoms. The third-order valence-corrected chi connectivity index (χ3v) is 2.72. The summed E-state index contributed by atoms with van der Waals surface area (Å²) in [5.74, 6) is -1.37. The number of carbonyl (C=O) groups is 2. The Morgan fingerprint density at radius 2 is 1.76 bits per heavy atom. The zero-order valence-electron chi connectivity index (χ0n) is 12.0. The van der Waals surface area contributed by atoms with Gasteiger partial charge in [-0.25, -0.2) is 9.59 Å². The predicted molar refractivity (Wildman–Crippen MR) is 77.2 cm³/mol. The maximum absolute atomic E-state index is 11.6. The smallest absolute Gasteiger partial charge is 0.408 e. The van der Waals surface area contributed by atoms with Crippen LogP contribution >= 0.6 is 11.6 Å². The molecule has 0 unspecified atom stereocenters. The van der Waals surface area contributed by atoms with E-state index in [1.54, 1.807) is 20.8 Å². The Hall–Kier alpha value is -1.79. The van der Waals surface area contributed by atoms with E-state index < -0.39 is 29.8 Å². The minimum atomic E-state index is -1.53. The molecule has 0 radical (unpaired) electrons. The van der Waals surface area contributed by atoms with Crippen molar-refractivity contribution in [3.63, 3.8) is 0 Å². The second kappa shape index (κ2) is 6.78. The third-order valence-electron chi connectivity index (χ3n) is 2.47. The molecule has 1 aromatic carbocycles. The number of rotatable bonds is 4. The van der Waals surface area contributed by atoms with Crippen LogP contribution in [0.15, 0.2) is 24.3 Å². The number of aliphatic hydroxyl groups is 1. The van der Waals surface area contributed by atoms with E-state index in [0.717, 1.165) is 0 Å². The van der Waals surface area contributed by atoms with Gasteiger partial charge in [-0.05, 0) is 38.5 Å². The van der Waals surface area contributed by atoms with Crippen molar-refractivity contribution in [3.05, 3.63) is 34.9 Å². The second-order valence-corrected chi connectivity index (χ2v) is 5.89. The van der Waals surface area contributed by atoms with Crippen LogP contribution in [0, 0.1) is 0 Å². The van der Waals surface area contributed by atoms with Crippen LogP contribution in [0.5, 0.6) is 0 Å². The normalized spacial score (nSPS) is 14.1. The lowest BCUT2D eigenvalue weighted by molar-refractivity contribution is -0.142. The molecule has 1 aromatic rings. The maximum atomic E-state index is 11.6. The summed E-state index contributed by atoms with van der Waals surface area (Å²) >= 11 is 5.73. The molecule has 0 saturated heterocycles. The van der Waals surface area contributed by atoms with Crippen molar-refractivity contribution in [2.24, 2.45) is 0 Å². The van der Waals surface area contributed by atoms with Crippen LogP contribution in [0.1, 0.15) is 32.4 Å². The van der Waals surface area contributed by atoms with E-state index in [9.17, 15) is 14.7 Å². The standard InChI is InChI=1S/C14H18ClNO5/c1-14(2,3)21-13(20)16-10(12(18)19)11(17)8-4-6-9(15)7-5-8/h4-7,10-11,17H,1-3H3,(H,16,20)(H,18,19)/t10-,11+/m0/s1. The largest absolute Gasteiger partial charge is 0.480 e. The first-order valence-corrected chi connectivity index (χ1v) is 6.64. The molecule has 7 heteroatoms. The highest BCUT2D eigenvalue weighted by molar-refractivity contribution is 6.30. The summed E-state index contributed by atoms with van der Waals surface area (Å²) in [5.41, 5.74) is -0.443. The van der Waals surface area contributed by atoms with Crippen LogP contribution in [0.4, 0.5) is 4.79 Å². The molecular weight excluding hydrogens is 298 g/mol. The summed E-state index contributed by atoms with van der Waals surface area (Å²) in [6.07, 6.45) is -2.34. The molecule has 21 heavy (non-hydrogen) atoms. The van der Waals surface area contributed by atoms with Crippen molar-refractivity contribution in [2.75, 3.05) is 0 Å². The van der Waals surface area contributed by atoms with E-state index >= 15 is 0 Å². The number of ether oxygens (including phenoxy) is 1. The molecule has 6 nitrogen and oxygen atoms in total. The molecule has 116 valence electrons. The van der Waals surface area contributed by atoms with Crippen LogP contribution in [-0.4, -0.2) is 33.9 Å². The second-order valence-electron chi connectivity index (χ2n) is 5.46. The Morgan fingerprint density at radius 3 is 2.19 bits per heavy atom. The van der Waals surface area contributed by atoms with Gasteiger partial charge in [0.2, 0.25) is 0 Å². The zero-order chi connectivity index (χ0) is 16.2. The highest BCUT2D eigenvalue weighted by atomic mass is 35.5. The molecule has 0 saturated carbocycles. The molecule has 0 aromatic heterocycles. The Bertz CT molecular complexity index is 509. The van der Waals surface area contributed by atoms with E-state index in [4.69, 9.17) is 21.4 Å². The van der Waals surface area contributed by atoms with Crippen LogP contribution < -0.4 is 5.32 Å². The number of carboxylic acids is 1. The molecule has 3 N–H and O–H groups in total. The number of amides is 1. The van der Waals surface area contributed by atoms with Gasteiger partial charge in [-0.15, -0.1) is 0 Å². The fourth-order valence-corrected chi connectivity index (χ4v) is 1.69. The van der Waals surface area contributed by atoms with Gasteiger partial charge < -0.3 is 20.3 Å². The molecule has 0 aliphatic heterocycles. The predicted octanol–water partition coefficient (Wildman–Crippen LogP) is 2.35. The molecule has 0 fully saturated rings. The Balaban J connectivity index is 2.84. The number of alkyl carbamates (subject to hydrolysis) is 1. The van der Waals surface area contributed by atoms with Gasteiger partial charge in [-0.3, -0.25) is 0 Å². The van der Waals surface area contributed by atoms with E-state index in [1.165, 1.54) is 24.3 Å².